The second kappa shape index (κ2) is 6.14. The summed E-state index contributed by atoms with van der Waals surface area (Å²) in [5.74, 6) is 0.559. The summed E-state index contributed by atoms with van der Waals surface area (Å²) in [6, 6.07) is 0. The van der Waals surface area contributed by atoms with E-state index in [0.29, 0.717) is 18.9 Å². The predicted octanol–water partition coefficient (Wildman–Crippen LogP) is 1.25. The number of imidazole rings is 1. The Morgan fingerprint density at radius 1 is 1.73 bits per heavy atom. The molecule has 1 aromatic heterocycles. The average molecular weight is 207 g/mol. The number of nitrogens with one attached hydrogen (secondary N) is 1. The molecule has 1 aromatic rings. The molecule has 0 aliphatic carbocycles. The quantitative estimate of drug-likeness (QED) is 0.416. The van der Waals surface area contributed by atoms with Gasteiger partial charge in [-0.2, -0.15) is 0 Å². The minimum absolute atomic E-state index is 0.0234. The molecule has 0 saturated heterocycles. The summed E-state index contributed by atoms with van der Waals surface area (Å²) in [6.07, 6.45) is 6.23. The van der Waals surface area contributed by atoms with Gasteiger partial charge in [-0.25, -0.2) is 4.98 Å². The van der Waals surface area contributed by atoms with E-state index < -0.39 is 0 Å². The smallest absolute Gasteiger partial charge is 0.211 e. The molecule has 0 aromatic carbocycles. The number of carbonyl (C=O) groups is 1. The van der Waals surface area contributed by atoms with Crippen molar-refractivity contribution in [1.29, 1.82) is 0 Å². The topological polar surface area (TPSA) is 46.9 Å². The van der Waals surface area contributed by atoms with Gasteiger partial charge in [0.1, 0.15) is 0 Å². The van der Waals surface area contributed by atoms with Crippen LogP contribution in [0.15, 0.2) is 25.0 Å². The van der Waals surface area contributed by atoms with Crippen LogP contribution in [0.1, 0.15) is 24.0 Å². The van der Waals surface area contributed by atoms with Crippen LogP contribution < -0.4 is 5.32 Å². The minimum atomic E-state index is 0.0234. The molecule has 1 N–H and O–H groups in total. The predicted molar refractivity (Wildman–Crippen MR) is 59.9 cm³/mol. The van der Waals surface area contributed by atoms with E-state index in [4.69, 9.17) is 0 Å². The van der Waals surface area contributed by atoms with E-state index in [1.165, 1.54) is 0 Å². The van der Waals surface area contributed by atoms with E-state index in [1.54, 1.807) is 12.3 Å². The molecular formula is C11H17N3O. The lowest BCUT2D eigenvalue weighted by Crippen LogP contribution is -2.25. The fourth-order valence-electron chi connectivity index (χ4n) is 1.35. The SMILES string of the molecule is C=CCNCC(=O)c1nccn1CCC. The lowest BCUT2D eigenvalue weighted by atomic mass is 10.3. The van der Waals surface area contributed by atoms with Crippen LogP contribution in [0.5, 0.6) is 0 Å². The number of hydrogen-bond acceptors (Lipinski definition) is 3. The second-order valence-corrected chi connectivity index (χ2v) is 3.29. The van der Waals surface area contributed by atoms with Crippen LogP contribution in [0.2, 0.25) is 0 Å². The molecule has 0 amide bonds. The maximum Gasteiger partial charge on any atom is 0.211 e. The number of ketones is 1. The first kappa shape index (κ1) is 11.7. The van der Waals surface area contributed by atoms with Gasteiger partial charge < -0.3 is 9.88 Å². The molecule has 4 nitrogen and oxygen atoms in total. The van der Waals surface area contributed by atoms with Gasteiger partial charge in [0, 0.05) is 25.5 Å². The van der Waals surface area contributed by atoms with Gasteiger partial charge in [0.25, 0.3) is 0 Å². The van der Waals surface area contributed by atoms with Gasteiger partial charge in [-0.3, -0.25) is 4.79 Å². The summed E-state index contributed by atoms with van der Waals surface area (Å²) in [6.45, 7) is 7.43. The number of aromatic nitrogens is 2. The van der Waals surface area contributed by atoms with Crippen molar-refractivity contribution in [1.82, 2.24) is 14.9 Å². The maximum absolute atomic E-state index is 11.7. The van der Waals surface area contributed by atoms with Gasteiger partial charge in [-0.15, -0.1) is 6.58 Å². The summed E-state index contributed by atoms with van der Waals surface area (Å²) < 4.78 is 1.89. The first-order valence-corrected chi connectivity index (χ1v) is 5.15. The normalized spacial score (nSPS) is 10.2. The van der Waals surface area contributed by atoms with Crippen LogP contribution in [-0.4, -0.2) is 28.4 Å². The van der Waals surface area contributed by atoms with Crippen molar-refractivity contribution in [3.05, 3.63) is 30.9 Å². The fraction of sp³-hybridized carbons (Fsp3) is 0.455. The standard InChI is InChI=1S/C11H17N3O/c1-3-5-12-9-10(15)11-13-6-8-14(11)7-4-2/h3,6,8,12H,1,4-5,7,9H2,2H3. The van der Waals surface area contributed by atoms with Gasteiger partial charge in [-0.1, -0.05) is 13.0 Å². The molecule has 0 unspecified atom stereocenters. The van der Waals surface area contributed by atoms with Crippen LogP contribution in [0.4, 0.5) is 0 Å². The van der Waals surface area contributed by atoms with Crippen LogP contribution >= 0.6 is 0 Å². The number of aryl methyl sites for hydroxylation is 1. The molecule has 4 heteroatoms. The Kier molecular flexibility index (Phi) is 4.77. The maximum atomic E-state index is 11.7. The number of hydrogen-bond donors (Lipinski definition) is 1. The summed E-state index contributed by atoms with van der Waals surface area (Å²) in [5, 5.41) is 2.97. The van der Waals surface area contributed by atoms with E-state index in [0.717, 1.165) is 13.0 Å². The molecule has 0 radical (unpaired) electrons. The van der Waals surface area contributed by atoms with Crippen molar-refractivity contribution in [2.24, 2.45) is 0 Å². The highest BCUT2D eigenvalue weighted by molar-refractivity contribution is 5.94. The molecule has 0 aliphatic rings. The number of Topliss-reactive ketones (excluding diaryl/α,β-unsaturated/α-hetero) is 1. The van der Waals surface area contributed by atoms with Crippen molar-refractivity contribution in [3.63, 3.8) is 0 Å². The Morgan fingerprint density at radius 3 is 3.20 bits per heavy atom. The summed E-state index contributed by atoms with van der Waals surface area (Å²) in [5.41, 5.74) is 0. The van der Waals surface area contributed by atoms with E-state index >= 15 is 0 Å². The van der Waals surface area contributed by atoms with Gasteiger partial charge in [0.15, 0.2) is 5.82 Å². The first-order chi connectivity index (χ1) is 7.29. The molecule has 1 heterocycles. The van der Waals surface area contributed by atoms with Gasteiger partial charge in [0.2, 0.25) is 5.78 Å². The highest BCUT2D eigenvalue weighted by Crippen LogP contribution is 2.00. The van der Waals surface area contributed by atoms with E-state index in [2.05, 4.69) is 23.8 Å². The minimum Gasteiger partial charge on any atom is -0.328 e. The molecule has 0 fully saturated rings. The molecule has 0 bridgehead atoms. The van der Waals surface area contributed by atoms with Crippen LogP contribution in [0.3, 0.4) is 0 Å². The van der Waals surface area contributed by atoms with E-state index in [9.17, 15) is 4.79 Å². The van der Waals surface area contributed by atoms with Gasteiger partial charge in [-0.05, 0) is 6.42 Å². The van der Waals surface area contributed by atoms with Crippen molar-refractivity contribution in [3.8, 4) is 0 Å². The van der Waals surface area contributed by atoms with Gasteiger partial charge in [0.05, 0.1) is 6.54 Å². The highest BCUT2D eigenvalue weighted by atomic mass is 16.1. The fourth-order valence-corrected chi connectivity index (χ4v) is 1.35. The third-order valence-corrected chi connectivity index (χ3v) is 2.00. The van der Waals surface area contributed by atoms with Crippen LogP contribution in [0.25, 0.3) is 0 Å². The lowest BCUT2D eigenvalue weighted by molar-refractivity contribution is 0.0978. The Balaban J connectivity index is 2.56. The van der Waals surface area contributed by atoms with Crippen molar-refractivity contribution in [2.45, 2.75) is 19.9 Å². The molecule has 0 spiro atoms. The first-order valence-electron chi connectivity index (χ1n) is 5.15. The molecule has 15 heavy (non-hydrogen) atoms. The molecule has 82 valence electrons. The average Bonchev–Trinajstić information content (AvgIpc) is 2.67. The summed E-state index contributed by atoms with van der Waals surface area (Å²) in [4.78, 5) is 15.8. The number of rotatable bonds is 7. The molecule has 1 rings (SSSR count). The second-order valence-electron chi connectivity index (χ2n) is 3.29. The Labute approximate surface area is 90.0 Å². The molecule has 0 saturated carbocycles. The third-order valence-electron chi connectivity index (χ3n) is 2.00. The lowest BCUT2D eigenvalue weighted by Gasteiger charge is -2.05. The zero-order chi connectivity index (χ0) is 11.1. The summed E-state index contributed by atoms with van der Waals surface area (Å²) >= 11 is 0. The largest absolute Gasteiger partial charge is 0.328 e. The highest BCUT2D eigenvalue weighted by Gasteiger charge is 2.10. The molecule has 0 atom stereocenters. The van der Waals surface area contributed by atoms with E-state index in [1.807, 2.05) is 10.8 Å². The Bertz CT molecular complexity index is 330. The van der Waals surface area contributed by atoms with Crippen LogP contribution in [-0.2, 0) is 6.54 Å². The number of nitrogens with zero attached hydrogens (tertiary/aromatic N) is 2. The van der Waals surface area contributed by atoms with Crippen molar-refractivity contribution in [2.75, 3.05) is 13.1 Å². The Morgan fingerprint density at radius 2 is 2.53 bits per heavy atom. The zero-order valence-electron chi connectivity index (χ0n) is 9.07. The monoisotopic (exact) mass is 207 g/mol. The zero-order valence-corrected chi connectivity index (χ0v) is 9.07. The molecule has 0 aliphatic heterocycles. The number of carbonyl (C=O) groups excluding carboxylic acids is 1. The Hall–Kier alpha value is -1.42. The van der Waals surface area contributed by atoms with E-state index in [-0.39, 0.29) is 5.78 Å². The summed E-state index contributed by atoms with van der Waals surface area (Å²) in [7, 11) is 0. The van der Waals surface area contributed by atoms with Crippen LogP contribution in [0, 0.1) is 0 Å². The van der Waals surface area contributed by atoms with Gasteiger partial charge >= 0.3 is 0 Å². The molecular weight excluding hydrogens is 190 g/mol. The van der Waals surface area contributed by atoms with Crippen molar-refractivity contribution < 1.29 is 4.79 Å². The van der Waals surface area contributed by atoms with Crippen molar-refractivity contribution >= 4 is 5.78 Å². The third kappa shape index (κ3) is 3.32.